The van der Waals surface area contributed by atoms with Gasteiger partial charge in [0.2, 0.25) is 0 Å². The van der Waals surface area contributed by atoms with E-state index in [9.17, 15) is 4.79 Å². The first-order valence-corrected chi connectivity index (χ1v) is 6.55. The predicted octanol–water partition coefficient (Wildman–Crippen LogP) is 1.38. The third-order valence-electron chi connectivity index (χ3n) is 4.35. The van der Waals surface area contributed by atoms with Gasteiger partial charge in [-0.1, -0.05) is 0 Å². The van der Waals surface area contributed by atoms with Crippen molar-refractivity contribution in [1.82, 2.24) is 9.80 Å². The highest BCUT2D eigenvalue weighted by molar-refractivity contribution is 5.83. The number of Topliss-reactive ketones (excluding diaryl/α,β-unsaturated/α-hetero) is 1. The SMILES string of the molecule is CC1CN(CC2CCCC2=O)CC(C)N1C. The maximum Gasteiger partial charge on any atom is 0.137 e. The Labute approximate surface area is 98.8 Å². The molecule has 0 N–H and O–H groups in total. The third kappa shape index (κ3) is 2.46. The zero-order valence-electron chi connectivity index (χ0n) is 10.8. The van der Waals surface area contributed by atoms with Gasteiger partial charge in [-0.15, -0.1) is 0 Å². The van der Waals surface area contributed by atoms with Crippen molar-refractivity contribution in [1.29, 1.82) is 0 Å². The van der Waals surface area contributed by atoms with E-state index in [-0.39, 0.29) is 0 Å². The Morgan fingerprint density at radius 3 is 2.38 bits per heavy atom. The summed E-state index contributed by atoms with van der Waals surface area (Å²) in [5, 5.41) is 0. The van der Waals surface area contributed by atoms with Crippen LogP contribution < -0.4 is 0 Å². The van der Waals surface area contributed by atoms with Crippen LogP contribution in [0.15, 0.2) is 0 Å². The summed E-state index contributed by atoms with van der Waals surface area (Å²) in [6, 6.07) is 1.22. The Bertz CT molecular complexity index is 255. The van der Waals surface area contributed by atoms with Crippen LogP contribution in [-0.4, -0.2) is 54.3 Å². The van der Waals surface area contributed by atoms with Crippen molar-refractivity contribution < 1.29 is 4.79 Å². The monoisotopic (exact) mass is 224 g/mol. The number of carbonyl (C=O) groups is 1. The van der Waals surface area contributed by atoms with Gasteiger partial charge in [-0.25, -0.2) is 0 Å². The van der Waals surface area contributed by atoms with E-state index >= 15 is 0 Å². The van der Waals surface area contributed by atoms with Crippen molar-refractivity contribution in [2.45, 2.75) is 45.2 Å². The van der Waals surface area contributed by atoms with Crippen molar-refractivity contribution in [3.8, 4) is 0 Å². The van der Waals surface area contributed by atoms with Gasteiger partial charge in [-0.3, -0.25) is 14.6 Å². The Hall–Kier alpha value is -0.410. The summed E-state index contributed by atoms with van der Waals surface area (Å²) < 4.78 is 0. The van der Waals surface area contributed by atoms with E-state index in [1.165, 1.54) is 0 Å². The van der Waals surface area contributed by atoms with Crippen LogP contribution in [0, 0.1) is 5.92 Å². The fraction of sp³-hybridized carbons (Fsp3) is 0.923. The standard InChI is InChI=1S/C13H24N2O/c1-10-7-15(8-11(2)14(10)3)9-12-5-4-6-13(12)16/h10-12H,4-9H2,1-3H3. The van der Waals surface area contributed by atoms with Crippen LogP contribution >= 0.6 is 0 Å². The Kier molecular flexibility index (Phi) is 3.65. The van der Waals surface area contributed by atoms with Crippen LogP contribution in [0.5, 0.6) is 0 Å². The summed E-state index contributed by atoms with van der Waals surface area (Å²) in [7, 11) is 2.20. The minimum Gasteiger partial charge on any atom is -0.300 e. The van der Waals surface area contributed by atoms with E-state index in [4.69, 9.17) is 0 Å². The van der Waals surface area contributed by atoms with Crippen molar-refractivity contribution >= 4 is 5.78 Å². The van der Waals surface area contributed by atoms with Gasteiger partial charge < -0.3 is 0 Å². The molecule has 0 aromatic rings. The lowest BCUT2D eigenvalue weighted by atomic mass is 10.0. The largest absolute Gasteiger partial charge is 0.300 e. The first-order chi connectivity index (χ1) is 7.58. The van der Waals surface area contributed by atoms with Gasteiger partial charge in [0.15, 0.2) is 0 Å². The van der Waals surface area contributed by atoms with Gasteiger partial charge in [0.1, 0.15) is 5.78 Å². The average Bonchev–Trinajstić information content (AvgIpc) is 2.61. The molecule has 16 heavy (non-hydrogen) atoms. The second-order valence-electron chi connectivity index (χ2n) is 5.64. The number of hydrogen-bond acceptors (Lipinski definition) is 3. The normalized spacial score (nSPS) is 38.2. The van der Waals surface area contributed by atoms with Crippen LogP contribution in [0.25, 0.3) is 0 Å². The fourth-order valence-electron chi connectivity index (χ4n) is 3.06. The Morgan fingerprint density at radius 1 is 1.25 bits per heavy atom. The summed E-state index contributed by atoms with van der Waals surface area (Å²) in [6.45, 7) is 7.79. The molecule has 0 bridgehead atoms. The van der Waals surface area contributed by atoms with E-state index in [1.54, 1.807) is 0 Å². The van der Waals surface area contributed by atoms with Gasteiger partial charge in [-0.05, 0) is 33.7 Å². The maximum absolute atomic E-state index is 11.6. The van der Waals surface area contributed by atoms with E-state index in [0.717, 1.165) is 38.9 Å². The molecule has 1 aliphatic carbocycles. The molecule has 3 nitrogen and oxygen atoms in total. The molecule has 1 aliphatic heterocycles. The zero-order valence-corrected chi connectivity index (χ0v) is 10.8. The molecular formula is C13H24N2O. The molecule has 2 rings (SSSR count). The lowest BCUT2D eigenvalue weighted by Crippen LogP contribution is -2.55. The van der Waals surface area contributed by atoms with Gasteiger partial charge in [0.25, 0.3) is 0 Å². The number of ketones is 1. The van der Waals surface area contributed by atoms with Crippen molar-refractivity contribution in [2.24, 2.45) is 5.92 Å². The second kappa shape index (κ2) is 4.84. The molecule has 0 amide bonds. The van der Waals surface area contributed by atoms with E-state index in [2.05, 4.69) is 30.7 Å². The summed E-state index contributed by atoms with van der Waals surface area (Å²) in [5.41, 5.74) is 0. The van der Waals surface area contributed by atoms with Crippen molar-refractivity contribution in [3.63, 3.8) is 0 Å². The summed E-state index contributed by atoms with van der Waals surface area (Å²) in [4.78, 5) is 16.6. The molecule has 3 heteroatoms. The molecule has 0 radical (unpaired) electrons. The van der Waals surface area contributed by atoms with Crippen LogP contribution in [0.1, 0.15) is 33.1 Å². The van der Waals surface area contributed by atoms with Crippen LogP contribution in [0.4, 0.5) is 0 Å². The fourth-order valence-corrected chi connectivity index (χ4v) is 3.06. The van der Waals surface area contributed by atoms with Gasteiger partial charge in [0.05, 0.1) is 0 Å². The molecule has 2 aliphatic rings. The first-order valence-electron chi connectivity index (χ1n) is 6.55. The minimum atomic E-state index is 0.336. The second-order valence-corrected chi connectivity index (χ2v) is 5.64. The van der Waals surface area contributed by atoms with Gasteiger partial charge in [-0.2, -0.15) is 0 Å². The molecule has 1 saturated heterocycles. The highest BCUT2D eigenvalue weighted by atomic mass is 16.1. The van der Waals surface area contributed by atoms with Crippen molar-refractivity contribution in [3.05, 3.63) is 0 Å². The topological polar surface area (TPSA) is 23.6 Å². The zero-order chi connectivity index (χ0) is 11.7. The van der Waals surface area contributed by atoms with Crippen LogP contribution in [0.2, 0.25) is 0 Å². The number of likely N-dealkylation sites (N-methyl/N-ethyl adjacent to an activating group) is 1. The maximum atomic E-state index is 11.6. The van der Waals surface area contributed by atoms with Gasteiger partial charge >= 0.3 is 0 Å². The molecule has 0 aromatic heterocycles. The number of carbonyl (C=O) groups excluding carboxylic acids is 1. The lowest BCUT2D eigenvalue weighted by Gasteiger charge is -2.43. The molecule has 1 saturated carbocycles. The molecular weight excluding hydrogens is 200 g/mol. The molecule has 3 atom stereocenters. The average molecular weight is 224 g/mol. The predicted molar refractivity (Wildman–Crippen MR) is 65.5 cm³/mol. The molecule has 92 valence electrons. The van der Waals surface area contributed by atoms with Gasteiger partial charge in [0, 0.05) is 44.1 Å². The third-order valence-corrected chi connectivity index (χ3v) is 4.35. The van der Waals surface area contributed by atoms with Crippen LogP contribution in [0.3, 0.4) is 0 Å². The number of hydrogen-bond donors (Lipinski definition) is 0. The Balaban J connectivity index is 1.88. The number of nitrogens with zero attached hydrogens (tertiary/aromatic N) is 2. The van der Waals surface area contributed by atoms with E-state index in [1.807, 2.05) is 0 Å². The number of piperazine rings is 1. The first kappa shape index (κ1) is 12.1. The molecule has 3 unspecified atom stereocenters. The lowest BCUT2D eigenvalue weighted by molar-refractivity contribution is -0.121. The molecule has 0 aromatic carbocycles. The summed E-state index contributed by atoms with van der Waals surface area (Å²) in [6.07, 6.45) is 3.06. The smallest absolute Gasteiger partial charge is 0.137 e. The molecule has 2 fully saturated rings. The summed E-state index contributed by atoms with van der Waals surface area (Å²) >= 11 is 0. The van der Waals surface area contributed by atoms with Crippen LogP contribution in [-0.2, 0) is 4.79 Å². The molecule has 0 spiro atoms. The quantitative estimate of drug-likeness (QED) is 0.708. The summed E-state index contributed by atoms with van der Waals surface area (Å²) in [5.74, 6) is 0.835. The van der Waals surface area contributed by atoms with Crippen molar-refractivity contribution in [2.75, 3.05) is 26.7 Å². The molecule has 1 heterocycles. The number of rotatable bonds is 2. The van der Waals surface area contributed by atoms with E-state index in [0.29, 0.717) is 23.8 Å². The van der Waals surface area contributed by atoms with E-state index < -0.39 is 0 Å². The minimum absolute atomic E-state index is 0.336. The Morgan fingerprint density at radius 2 is 1.88 bits per heavy atom. The highest BCUT2D eigenvalue weighted by Gasteiger charge is 2.31. The highest BCUT2D eigenvalue weighted by Crippen LogP contribution is 2.24.